The van der Waals surface area contributed by atoms with Crippen LogP contribution < -0.4 is 15.4 Å². The maximum Gasteiger partial charge on any atom is 0.265 e. The highest BCUT2D eigenvalue weighted by atomic mass is 16.5. The molecule has 3 aromatic rings. The van der Waals surface area contributed by atoms with Crippen molar-refractivity contribution in [3.05, 3.63) is 95.6 Å². The van der Waals surface area contributed by atoms with Crippen molar-refractivity contribution >= 4 is 17.5 Å². The summed E-state index contributed by atoms with van der Waals surface area (Å²) in [7, 11) is 0. The number of rotatable bonds is 8. The van der Waals surface area contributed by atoms with Gasteiger partial charge in [0.2, 0.25) is 0 Å². The first-order chi connectivity index (χ1) is 14.5. The van der Waals surface area contributed by atoms with Crippen LogP contribution in [0.4, 0.5) is 5.69 Å². The Hall–Kier alpha value is -3.60. The van der Waals surface area contributed by atoms with Gasteiger partial charge in [-0.3, -0.25) is 9.59 Å². The molecule has 0 aliphatic heterocycles. The molecule has 0 bridgehead atoms. The Bertz CT molecular complexity index is 968. The zero-order valence-electron chi connectivity index (χ0n) is 17.2. The number of ether oxygens (including phenoxy) is 1. The molecule has 0 aromatic heterocycles. The van der Waals surface area contributed by atoms with E-state index >= 15 is 0 Å². The minimum Gasteiger partial charge on any atom is -0.481 e. The fraction of sp³-hybridized carbons (Fsp3) is 0.200. The lowest BCUT2D eigenvalue weighted by Gasteiger charge is -2.15. The van der Waals surface area contributed by atoms with Gasteiger partial charge in [-0.05, 0) is 60.9 Å². The molecular weight excluding hydrogens is 376 g/mol. The van der Waals surface area contributed by atoms with Crippen molar-refractivity contribution in [2.45, 2.75) is 32.9 Å². The molecule has 5 nitrogen and oxygen atoms in total. The van der Waals surface area contributed by atoms with E-state index in [1.807, 2.05) is 54.6 Å². The topological polar surface area (TPSA) is 67.4 Å². The van der Waals surface area contributed by atoms with Crippen molar-refractivity contribution in [3.8, 4) is 5.75 Å². The molecule has 0 fully saturated rings. The number of carbonyl (C=O) groups excluding carboxylic acids is 2. The molecule has 0 spiro atoms. The van der Waals surface area contributed by atoms with Gasteiger partial charge in [-0.2, -0.15) is 0 Å². The number of carbonyl (C=O) groups is 2. The second-order valence-electron chi connectivity index (χ2n) is 6.99. The zero-order valence-corrected chi connectivity index (χ0v) is 17.2. The van der Waals surface area contributed by atoms with Crippen LogP contribution in [0.3, 0.4) is 0 Å². The number of hydrogen-bond donors (Lipinski definition) is 2. The van der Waals surface area contributed by atoms with Gasteiger partial charge >= 0.3 is 0 Å². The van der Waals surface area contributed by atoms with Crippen LogP contribution >= 0.6 is 0 Å². The Morgan fingerprint density at radius 1 is 0.867 bits per heavy atom. The fourth-order valence-corrected chi connectivity index (χ4v) is 2.89. The summed E-state index contributed by atoms with van der Waals surface area (Å²) in [4.78, 5) is 24.7. The first-order valence-corrected chi connectivity index (χ1v) is 10.0. The molecule has 0 aliphatic rings. The zero-order chi connectivity index (χ0) is 21.3. The van der Waals surface area contributed by atoms with Gasteiger partial charge in [0.1, 0.15) is 5.75 Å². The Labute approximate surface area is 177 Å². The van der Waals surface area contributed by atoms with E-state index in [-0.39, 0.29) is 11.8 Å². The summed E-state index contributed by atoms with van der Waals surface area (Å²) >= 11 is 0. The van der Waals surface area contributed by atoms with E-state index in [9.17, 15) is 9.59 Å². The Morgan fingerprint density at radius 2 is 1.53 bits per heavy atom. The van der Waals surface area contributed by atoms with Gasteiger partial charge in [-0.25, -0.2) is 0 Å². The SMILES string of the molecule is CCc1ccc(OC(C)C(=O)Nc2ccc(C(=O)NCc3ccccc3)cc2)cc1. The molecule has 3 aromatic carbocycles. The van der Waals surface area contributed by atoms with E-state index in [1.54, 1.807) is 31.2 Å². The Morgan fingerprint density at radius 3 is 2.17 bits per heavy atom. The van der Waals surface area contributed by atoms with E-state index in [4.69, 9.17) is 4.74 Å². The summed E-state index contributed by atoms with van der Waals surface area (Å²) in [6, 6.07) is 24.2. The summed E-state index contributed by atoms with van der Waals surface area (Å²) in [6.45, 7) is 4.25. The van der Waals surface area contributed by atoms with Gasteiger partial charge in [-0.1, -0.05) is 49.4 Å². The molecule has 0 aliphatic carbocycles. The van der Waals surface area contributed by atoms with Crippen molar-refractivity contribution in [1.29, 1.82) is 0 Å². The maximum atomic E-state index is 12.4. The third kappa shape index (κ3) is 5.95. The molecule has 2 N–H and O–H groups in total. The minimum atomic E-state index is -0.647. The van der Waals surface area contributed by atoms with Crippen molar-refractivity contribution in [1.82, 2.24) is 5.32 Å². The highest BCUT2D eigenvalue weighted by Crippen LogP contribution is 2.16. The van der Waals surface area contributed by atoms with E-state index in [1.165, 1.54) is 5.56 Å². The smallest absolute Gasteiger partial charge is 0.265 e. The van der Waals surface area contributed by atoms with Gasteiger partial charge in [0.05, 0.1) is 0 Å². The van der Waals surface area contributed by atoms with Gasteiger partial charge in [-0.15, -0.1) is 0 Å². The molecule has 30 heavy (non-hydrogen) atoms. The molecular formula is C25H26N2O3. The van der Waals surface area contributed by atoms with Crippen LogP contribution in [0.1, 0.15) is 35.3 Å². The molecule has 2 amide bonds. The lowest BCUT2D eigenvalue weighted by atomic mass is 10.1. The van der Waals surface area contributed by atoms with E-state index in [2.05, 4.69) is 17.6 Å². The van der Waals surface area contributed by atoms with E-state index in [0.29, 0.717) is 23.5 Å². The first kappa shape index (κ1) is 21.1. The Kier molecular flexibility index (Phi) is 7.22. The van der Waals surface area contributed by atoms with Gasteiger partial charge in [0.25, 0.3) is 11.8 Å². The van der Waals surface area contributed by atoms with Crippen molar-refractivity contribution in [2.24, 2.45) is 0 Å². The van der Waals surface area contributed by atoms with Crippen LogP contribution in [-0.2, 0) is 17.8 Å². The minimum absolute atomic E-state index is 0.163. The summed E-state index contributed by atoms with van der Waals surface area (Å²) in [5, 5.41) is 5.70. The number of amides is 2. The van der Waals surface area contributed by atoms with Crippen molar-refractivity contribution < 1.29 is 14.3 Å². The lowest BCUT2D eigenvalue weighted by molar-refractivity contribution is -0.122. The number of benzene rings is 3. The summed E-state index contributed by atoms with van der Waals surface area (Å²) < 4.78 is 5.71. The number of hydrogen-bond acceptors (Lipinski definition) is 3. The molecule has 3 rings (SSSR count). The van der Waals surface area contributed by atoms with Crippen LogP contribution in [0.2, 0.25) is 0 Å². The number of aryl methyl sites for hydroxylation is 1. The summed E-state index contributed by atoms with van der Waals surface area (Å²) in [5.41, 5.74) is 3.39. The van der Waals surface area contributed by atoms with Crippen LogP contribution in [0, 0.1) is 0 Å². The monoisotopic (exact) mass is 402 g/mol. The van der Waals surface area contributed by atoms with Gasteiger partial charge in [0, 0.05) is 17.8 Å². The molecule has 154 valence electrons. The molecule has 1 unspecified atom stereocenters. The number of nitrogens with one attached hydrogen (secondary N) is 2. The van der Waals surface area contributed by atoms with Crippen LogP contribution in [0.5, 0.6) is 5.75 Å². The fourth-order valence-electron chi connectivity index (χ4n) is 2.89. The van der Waals surface area contributed by atoms with Crippen LogP contribution in [0.15, 0.2) is 78.9 Å². The standard InChI is InChI=1S/C25H26N2O3/c1-3-19-9-15-23(16-10-19)30-18(2)24(28)27-22-13-11-21(12-14-22)25(29)26-17-20-7-5-4-6-8-20/h4-16,18H,3,17H2,1-2H3,(H,26,29)(H,27,28). The molecule has 0 heterocycles. The van der Waals surface area contributed by atoms with Crippen LogP contribution in [0.25, 0.3) is 0 Å². The van der Waals surface area contributed by atoms with Crippen molar-refractivity contribution in [2.75, 3.05) is 5.32 Å². The Balaban J connectivity index is 1.51. The maximum absolute atomic E-state index is 12.4. The quantitative estimate of drug-likeness (QED) is 0.579. The first-order valence-electron chi connectivity index (χ1n) is 10.0. The summed E-state index contributed by atoms with van der Waals surface area (Å²) in [6.07, 6.45) is 0.308. The molecule has 0 saturated carbocycles. The second-order valence-corrected chi connectivity index (χ2v) is 6.99. The van der Waals surface area contributed by atoms with E-state index in [0.717, 1.165) is 12.0 Å². The third-order valence-corrected chi connectivity index (χ3v) is 4.72. The van der Waals surface area contributed by atoms with Gasteiger partial charge < -0.3 is 15.4 Å². The molecule has 1 atom stereocenters. The average molecular weight is 402 g/mol. The van der Waals surface area contributed by atoms with Gasteiger partial charge in [0.15, 0.2) is 6.10 Å². The normalized spacial score (nSPS) is 11.4. The molecule has 0 radical (unpaired) electrons. The molecule has 0 saturated heterocycles. The number of anilines is 1. The lowest BCUT2D eigenvalue weighted by Crippen LogP contribution is -2.30. The second kappa shape index (κ2) is 10.3. The molecule has 5 heteroatoms. The van der Waals surface area contributed by atoms with Crippen LogP contribution in [-0.4, -0.2) is 17.9 Å². The largest absolute Gasteiger partial charge is 0.481 e. The van der Waals surface area contributed by atoms with Crippen molar-refractivity contribution in [3.63, 3.8) is 0 Å². The third-order valence-electron chi connectivity index (χ3n) is 4.72. The highest BCUT2D eigenvalue weighted by Gasteiger charge is 2.15. The van der Waals surface area contributed by atoms with E-state index < -0.39 is 6.10 Å². The summed E-state index contributed by atoms with van der Waals surface area (Å²) in [5.74, 6) is 0.236. The predicted octanol–water partition coefficient (Wildman–Crippen LogP) is 4.59. The average Bonchev–Trinajstić information content (AvgIpc) is 2.79. The highest BCUT2D eigenvalue weighted by molar-refractivity contribution is 5.96. The predicted molar refractivity (Wildman–Crippen MR) is 119 cm³/mol.